The molecule has 1 aliphatic rings. The van der Waals surface area contributed by atoms with E-state index in [1.165, 1.54) is 25.2 Å². The first kappa shape index (κ1) is 15.5. The first-order valence-corrected chi connectivity index (χ1v) is 8.72. The number of nitrogens with zero attached hydrogens (tertiary/aromatic N) is 2. The molecule has 3 N–H and O–H groups in total. The summed E-state index contributed by atoms with van der Waals surface area (Å²) in [5.74, 6) is 1.23. The molecule has 1 aliphatic carbocycles. The molecule has 114 valence electrons. The Morgan fingerprint density at radius 2 is 2.10 bits per heavy atom. The van der Waals surface area contributed by atoms with E-state index in [0.29, 0.717) is 25.6 Å². The minimum atomic E-state index is -3.44. The maximum absolute atomic E-state index is 12.2. The first-order valence-electron chi connectivity index (χ1n) is 7.23. The summed E-state index contributed by atoms with van der Waals surface area (Å²) < 4.78 is 28.6. The number of rotatable bonds is 6. The number of hydrogen-bond acceptors (Lipinski definition) is 4. The van der Waals surface area contributed by atoms with Gasteiger partial charge >= 0.3 is 0 Å². The summed E-state index contributed by atoms with van der Waals surface area (Å²) in [6, 6.07) is 0. The molecule has 0 radical (unpaired) electrons. The van der Waals surface area contributed by atoms with Crippen LogP contribution in [0.5, 0.6) is 0 Å². The van der Waals surface area contributed by atoms with Gasteiger partial charge in [0.05, 0.1) is 12.7 Å². The molecular weight excluding hydrogens is 276 g/mol. The molecule has 0 saturated heterocycles. The molecule has 1 aromatic heterocycles. The number of sulfonamides is 1. The summed E-state index contributed by atoms with van der Waals surface area (Å²) in [7, 11) is -3.44. The van der Waals surface area contributed by atoms with Crippen molar-refractivity contribution in [1.29, 1.82) is 0 Å². The Morgan fingerprint density at radius 3 is 2.75 bits per heavy atom. The van der Waals surface area contributed by atoms with Crippen molar-refractivity contribution in [2.24, 2.45) is 17.6 Å². The fraction of sp³-hybridized carbons (Fsp3) is 0.769. The van der Waals surface area contributed by atoms with Crippen LogP contribution >= 0.6 is 0 Å². The SMILES string of the molecule is CC1CCC(CNS(=O)(=O)c2cnn(CCN)c2)CC1. The van der Waals surface area contributed by atoms with Crippen LogP contribution in [-0.4, -0.2) is 31.3 Å². The Labute approximate surface area is 120 Å². The summed E-state index contributed by atoms with van der Waals surface area (Å²) in [6.07, 6.45) is 7.51. The van der Waals surface area contributed by atoms with Crippen molar-refractivity contribution in [1.82, 2.24) is 14.5 Å². The molecule has 1 heterocycles. The number of nitrogens with two attached hydrogens (primary N) is 1. The van der Waals surface area contributed by atoms with E-state index < -0.39 is 10.0 Å². The van der Waals surface area contributed by atoms with Gasteiger partial charge in [-0.25, -0.2) is 13.1 Å². The molecule has 0 bridgehead atoms. The van der Waals surface area contributed by atoms with E-state index in [4.69, 9.17) is 5.73 Å². The topological polar surface area (TPSA) is 90.0 Å². The van der Waals surface area contributed by atoms with Gasteiger partial charge in [0.25, 0.3) is 0 Å². The van der Waals surface area contributed by atoms with Gasteiger partial charge in [-0.05, 0) is 24.7 Å². The van der Waals surface area contributed by atoms with E-state index in [0.717, 1.165) is 18.8 Å². The van der Waals surface area contributed by atoms with Gasteiger partial charge in [-0.15, -0.1) is 0 Å². The lowest BCUT2D eigenvalue weighted by Gasteiger charge is -2.26. The van der Waals surface area contributed by atoms with Crippen LogP contribution in [0.4, 0.5) is 0 Å². The maximum Gasteiger partial charge on any atom is 0.243 e. The van der Waals surface area contributed by atoms with Crippen LogP contribution < -0.4 is 10.5 Å². The molecule has 6 nitrogen and oxygen atoms in total. The molecule has 1 aromatic rings. The number of nitrogens with one attached hydrogen (secondary N) is 1. The van der Waals surface area contributed by atoms with Crippen LogP contribution in [0.2, 0.25) is 0 Å². The Balaban J connectivity index is 1.90. The van der Waals surface area contributed by atoms with Gasteiger partial charge in [0.1, 0.15) is 4.90 Å². The Hall–Kier alpha value is -0.920. The zero-order valence-electron chi connectivity index (χ0n) is 12.0. The van der Waals surface area contributed by atoms with E-state index in [1.807, 2.05) is 0 Å². The molecule has 0 unspecified atom stereocenters. The van der Waals surface area contributed by atoms with Crippen molar-refractivity contribution in [2.45, 2.75) is 44.0 Å². The van der Waals surface area contributed by atoms with Gasteiger partial charge in [-0.3, -0.25) is 4.68 Å². The van der Waals surface area contributed by atoms with Gasteiger partial charge in [0.2, 0.25) is 10.0 Å². The van der Waals surface area contributed by atoms with Crippen LogP contribution in [0.3, 0.4) is 0 Å². The van der Waals surface area contributed by atoms with Crippen molar-refractivity contribution in [2.75, 3.05) is 13.1 Å². The van der Waals surface area contributed by atoms with Crippen LogP contribution in [0, 0.1) is 11.8 Å². The van der Waals surface area contributed by atoms with Crippen molar-refractivity contribution in [3.63, 3.8) is 0 Å². The third-order valence-corrected chi connectivity index (χ3v) is 5.35. The van der Waals surface area contributed by atoms with Crippen LogP contribution in [-0.2, 0) is 16.6 Å². The highest BCUT2D eigenvalue weighted by atomic mass is 32.2. The summed E-state index contributed by atoms with van der Waals surface area (Å²) in [4.78, 5) is 0.218. The zero-order chi connectivity index (χ0) is 14.6. The lowest BCUT2D eigenvalue weighted by atomic mass is 9.83. The van der Waals surface area contributed by atoms with Crippen LogP contribution in [0.1, 0.15) is 32.6 Å². The number of aromatic nitrogens is 2. The summed E-state index contributed by atoms with van der Waals surface area (Å²) >= 11 is 0. The summed E-state index contributed by atoms with van der Waals surface area (Å²) in [5.41, 5.74) is 5.42. The van der Waals surface area contributed by atoms with Gasteiger partial charge in [-0.1, -0.05) is 19.8 Å². The lowest BCUT2D eigenvalue weighted by Crippen LogP contribution is -2.31. The lowest BCUT2D eigenvalue weighted by molar-refractivity contribution is 0.290. The molecule has 2 rings (SSSR count). The fourth-order valence-electron chi connectivity index (χ4n) is 2.58. The standard InChI is InChI=1S/C13H24N4O2S/c1-11-2-4-12(5-3-11)8-16-20(18,19)13-9-15-17(10-13)7-6-14/h9-12,16H,2-8,14H2,1H3. The van der Waals surface area contributed by atoms with Crippen molar-refractivity contribution >= 4 is 10.0 Å². The molecule has 1 saturated carbocycles. The second-order valence-electron chi connectivity index (χ2n) is 5.71. The van der Waals surface area contributed by atoms with E-state index >= 15 is 0 Å². The maximum atomic E-state index is 12.2. The molecule has 20 heavy (non-hydrogen) atoms. The van der Waals surface area contributed by atoms with Gasteiger partial charge in [0.15, 0.2) is 0 Å². The highest BCUT2D eigenvalue weighted by molar-refractivity contribution is 7.89. The predicted octanol–water partition coefficient (Wildman–Crippen LogP) is 0.946. The molecular formula is C13H24N4O2S. The van der Waals surface area contributed by atoms with E-state index in [9.17, 15) is 8.42 Å². The molecule has 0 spiro atoms. The van der Waals surface area contributed by atoms with Crippen LogP contribution in [0.25, 0.3) is 0 Å². The van der Waals surface area contributed by atoms with Crippen LogP contribution in [0.15, 0.2) is 17.3 Å². The summed E-state index contributed by atoms with van der Waals surface area (Å²) in [6.45, 7) is 3.74. The van der Waals surface area contributed by atoms with E-state index in [-0.39, 0.29) is 4.90 Å². The highest BCUT2D eigenvalue weighted by Gasteiger charge is 2.22. The minimum Gasteiger partial charge on any atom is -0.329 e. The average Bonchev–Trinajstić information content (AvgIpc) is 2.88. The largest absolute Gasteiger partial charge is 0.329 e. The second-order valence-corrected chi connectivity index (χ2v) is 7.47. The Morgan fingerprint density at radius 1 is 1.40 bits per heavy atom. The van der Waals surface area contributed by atoms with Crippen molar-refractivity contribution in [3.8, 4) is 0 Å². The van der Waals surface area contributed by atoms with E-state index in [2.05, 4.69) is 16.7 Å². The second kappa shape index (κ2) is 6.69. The number of hydrogen-bond donors (Lipinski definition) is 2. The first-order chi connectivity index (χ1) is 9.51. The normalized spacial score (nSPS) is 23.9. The fourth-order valence-corrected chi connectivity index (χ4v) is 3.65. The average molecular weight is 300 g/mol. The molecule has 1 fully saturated rings. The van der Waals surface area contributed by atoms with Gasteiger partial charge in [-0.2, -0.15) is 5.10 Å². The smallest absolute Gasteiger partial charge is 0.243 e. The molecule has 7 heteroatoms. The Bertz CT molecular complexity index is 518. The van der Waals surface area contributed by atoms with Crippen molar-refractivity contribution in [3.05, 3.63) is 12.4 Å². The molecule has 0 aliphatic heterocycles. The zero-order valence-corrected chi connectivity index (χ0v) is 12.8. The predicted molar refractivity (Wildman–Crippen MR) is 77.6 cm³/mol. The Kier molecular flexibility index (Phi) is 5.17. The van der Waals surface area contributed by atoms with Gasteiger partial charge in [0, 0.05) is 19.3 Å². The molecule has 0 aromatic carbocycles. The quantitative estimate of drug-likeness (QED) is 0.818. The summed E-state index contributed by atoms with van der Waals surface area (Å²) in [5, 5.41) is 3.99. The van der Waals surface area contributed by atoms with Crippen molar-refractivity contribution < 1.29 is 8.42 Å². The molecule has 0 atom stereocenters. The third kappa shape index (κ3) is 4.04. The highest BCUT2D eigenvalue weighted by Crippen LogP contribution is 2.27. The molecule has 0 amide bonds. The van der Waals surface area contributed by atoms with E-state index in [1.54, 1.807) is 4.68 Å². The third-order valence-electron chi connectivity index (χ3n) is 3.98. The van der Waals surface area contributed by atoms with Gasteiger partial charge < -0.3 is 5.73 Å². The minimum absolute atomic E-state index is 0.218. The monoisotopic (exact) mass is 300 g/mol.